The highest BCUT2D eigenvalue weighted by atomic mass is 16.7. The number of nitrogens with two attached hydrogens (primary N) is 1. The molecule has 0 spiro atoms. The fourth-order valence-corrected chi connectivity index (χ4v) is 2.74. The normalized spacial score (nSPS) is 19.6. The zero-order valence-corrected chi connectivity index (χ0v) is 12.4. The molecule has 4 nitrogen and oxygen atoms in total. The van der Waals surface area contributed by atoms with Crippen LogP contribution >= 0.6 is 0 Å². The lowest BCUT2D eigenvalue weighted by Gasteiger charge is -2.29. The Balaban J connectivity index is 2.29. The van der Waals surface area contributed by atoms with E-state index in [2.05, 4.69) is 13.8 Å². The third-order valence-corrected chi connectivity index (χ3v) is 3.87. The first-order chi connectivity index (χ1) is 9.44. The zero-order chi connectivity index (χ0) is 14.8. The SMILES string of the molecule is CCCCC(C)(CC(N)=O)c1ccc2c(c1)OC(C)O2. The molecule has 1 amide bonds. The molecular formula is C16H23NO3. The van der Waals surface area contributed by atoms with Crippen molar-refractivity contribution in [3.8, 4) is 11.5 Å². The number of primary amides is 1. The van der Waals surface area contributed by atoms with Gasteiger partial charge in [0.25, 0.3) is 0 Å². The zero-order valence-electron chi connectivity index (χ0n) is 12.4. The molecule has 0 saturated heterocycles. The Kier molecular flexibility index (Phi) is 4.21. The summed E-state index contributed by atoms with van der Waals surface area (Å²) in [7, 11) is 0. The maximum absolute atomic E-state index is 11.4. The number of benzene rings is 1. The first-order valence-corrected chi connectivity index (χ1v) is 7.21. The molecule has 0 aliphatic carbocycles. The number of amides is 1. The van der Waals surface area contributed by atoms with Gasteiger partial charge in [-0.2, -0.15) is 0 Å². The van der Waals surface area contributed by atoms with Gasteiger partial charge >= 0.3 is 0 Å². The van der Waals surface area contributed by atoms with Gasteiger partial charge in [0.2, 0.25) is 12.2 Å². The van der Waals surface area contributed by atoms with Crippen LogP contribution in [0.1, 0.15) is 52.0 Å². The Hall–Kier alpha value is -1.71. The molecule has 1 aliphatic heterocycles. The van der Waals surface area contributed by atoms with Gasteiger partial charge in [-0.25, -0.2) is 0 Å². The van der Waals surface area contributed by atoms with E-state index in [1.54, 1.807) is 0 Å². The molecule has 0 saturated carbocycles. The summed E-state index contributed by atoms with van der Waals surface area (Å²) in [6.07, 6.45) is 3.19. The highest BCUT2D eigenvalue weighted by Crippen LogP contribution is 2.41. The minimum atomic E-state index is -0.269. The third-order valence-electron chi connectivity index (χ3n) is 3.87. The van der Waals surface area contributed by atoms with E-state index < -0.39 is 0 Å². The van der Waals surface area contributed by atoms with E-state index in [-0.39, 0.29) is 17.6 Å². The van der Waals surface area contributed by atoms with Crippen LogP contribution in [0.2, 0.25) is 0 Å². The monoisotopic (exact) mass is 277 g/mol. The average molecular weight is 277 g/mol. The third kappa shape index (κ3) is 3.06. The average Bonchev–Trinajstić information content (AvgIpc) is 2.74. The molecule has 2 N–H and O–H groups in total. The molecule has 20 heavy (non-hydrogen) atoms. The van der Waals surface area contributed by atoms with Gasteiger partial charge in [0.1, 0.15) is 0 Å². The summed E-state index contributed by atoms with van der Waals surface area (Å²) in [6, 6.07) is 5.91. The lowest BCUT2D eigenvalue weighted by molar-refractivity contribution is -0.119. The Morgan fingerprint density at radius 3 is 2.70 bits per heavy atom. The molecule has 0 aromatic heterocycles. The number of carbonyl (C=O) groups is 1. The minimum absolute atomic E-state index is 0.244. The van der Waals surface area contributed by atoms with Crippen molar-refractivity contribution in [1.29, 1.82) is 0 Å². The van der Waals surface area contributed by atoms with E-state index in [4.69, 9.17) is 15.2 Å². The topological polar surface area (TPSA) is 61.6 Å². The molecule has 1 aromatic rings. The standard InChI is InChI=1S/C16H23NO3/c1-4-5-8-16(3,10-15(17)18)12-6-7-13-14(9-12)20-11(2)19-13/h6-7,9,11H,4-5,8,10H2,1-3H3,(H2,17,18). The van der Waals surface area contributed by atoms with Crippen LogP contribution < -0.4 is 15.2 Å². The Labute approximate surface area is 120 Å². The van der Waals surface area contributed by atoms with E-state index in [9.17, 15) is 4.79 Å². The molecule has 110 valence electrons. The molecule has 1 aromatic carbocycles. The Morgan fingerprint density at radius 2 is 2.05 bits per heavy atom. The molecule has 2 rings (SSSR count). The predicted octanol–water partition coefficient (Wildman–Crippen LogP) is 3.13. The molecule has 1 aliphatic rings. The number of hydrogen-bond donors (Lipinski definition) is 1. The quantitative estimate of drug-likeness (QED) is 0.869. The van der Waals surface area contributed by atoms with E-state index in [0.717, 1.165) is 36.3 Å². The summed E-state index contributed by atoms with van der Waals surface area (Å²) in [4.78, 5) is 11.4. The maximum atomic E-state index is 11.4. The van der Waals surface area contributed by atoms with Crippen LogP contribution in [0.25, 0.3) is 0 Å². The fraction of sp³-hybridized carbons (Fsp3) is 0.562. The molecule has 4 heteroatoms. The number of rotatable bonds is 6. The van der Waals surface area contributed by atoms with Crippen LogP contribution in [0, 0.1) is 0 Å². The summed E-state index contributed by atoms with van der Waals surface area (Å²) in [6.45, 7) is 6.10. The maximum Gasteiger partial charge on any atom is 0.238 e. The first kappa shape index (κ1) is 14.7. The number of unbranched alkanes of at least 4 members (excludes halogenated alkanes) is 1. The molecule has 0 bridgehead atoms. The van der Waals surface area contributed by atoms with Gasteiger partial charge < -0.3 is 15.2 Å². The number of ether oxygens (including phenoxy) is 2. The molecule has 2 unspecified atom stereocenters. The second kappa shape index (κ2) is 5.73. The van der Waals surface area contributed by atoms with Crippen molar-refractivity contribution in [2.75, 3.05) is 0 Å². The minimum Gasteiger partial charge on any atom is -0.451 e. The van der Waals surface area contributed by atoms with Gasteiger partial charge in [0, 0.05) is 18.8 Å². The molecule has 1 heterocycles. The predicted molar refractivity (Wildman–Crippen MR) is 77.8 cm³/mol. The summed E-state index contributed by atoms with van der Waals surface area (Å²) in [5.74, 6) is 1.25. The van der Waals surface area contributed by atoms with Crippen molar-refractivity contribution in [2.24, 2.45) is 5.73 Å². The van der Waals surface area contributed by atoms with Gasteiger partial charge in [-0.1, -0.05) is 32.8 Å². The summed E-state index contributed by atoms with van der Waals surface area (Å²) in [5, 5.41) is 0. The van der Waals surface area contributed by atoms with Gasteiger partial charge in [0.05, 0.1) is 0 Å². The fourth-order valence-electron chi connectivity index (χ4n) is 2.74. The number of carbonyl (C=O) groups excluding carboxylic acids is 1. The van der Waals surface area contributed by atoms with Gasteiger partial charge in [-0.05, 0) is 24.1 Å². The van der Waals surface area contributed by atoms with Crippen molar-refractivity contribution >= 4 is 5.91 Å². The van der Waals surface area contributed by atoms with Gasteiger partial charge in [-0.3, -0.25) is 4.79 Å². The highest BCUT2D eigenvalue weighted by molar-refractivity contribution is 5.75. The van der Waals surface area contributed by atoms with E-state index in [1.165, 1.54) is 0 Å². The van der Waals surface area contributed by atoms with Crippen molar-refractivity contribution in [2.45, 2.75) is 58.2 Å². The van der Waals surface area contributed by atoms with E-state index in [0.29, 0.717) is 6.42 Å². The van der Waals surface area contributed by atoms with Crippen molar-refractivity contribution in [1.82, 2.24) is 0 Å². The first-order valence-electron chi connectivity index (χ1n) is 7.21. The second-order valence-electron chi connectivity index (χ2n) is 5.77. The Morgan fingerprint density at radius 1 is 1.35 bits per heavy atom. The summed E-state index contributed by atoms with van der Waals surface area (Å²) >= 11 is 0. The van der Waals surface area contributed by atoms with Crippen LogP contribution in [0.4, 0.5) is 0 Å². The van der Waals surface area contributed by atoms with Crippen LogP contribution in [-0.4, -0.2) is 12.2 Å². The number of hydrogen-bond acceptors (Lipinski definition) is 3. The largest absolute Gasteiger partial charge is 0.451 e. The Bertz CT molecular complexity index is 500. The van der Waals surface area contributed by atoms with Crippen LogP contribution in [0.3, 0.4) is 0 Å². The van der Waals surface area contributed by atoms with E-state index >= 15 is 0 Å². The lowest BCUT2D eigenvalue weighted by Crippen LogP contribution is -2.29. The van der Waals surface area contributed by atoms with Gasteiger partial charge in [0.15, 0.2) is 11.5 Å². The molecular weight excluding hydrogens is 254 g/mol. The van der Waals surface area contributed by atoms with Crippen LogP contribution in [-0.2, 0) is 10.2 Å². The summed E-state index contributed by atoms with van der Waals surface area (Å²) < 4.78 is 11.1. The van der Waals surface area contributed by atoms with E-state index in [1.807, 2.05) is 25.1 Å². The highest BCUT2D eigenvalue weighted by Gasteiger charge is 2.30. The van der Waals surface area contributed by atoms with Gasteiger partial charge in [-0.15, -0.1) is 0 Å². The molecule has 0 radical (unpaired) electrons. The van der Waals surface area contributed by atoms with Crippen molar-refractivity contribution in [3.63, 3.8) is 0 Å². The molecule has 2 atom stereocenters. The summed E-state index contributed by atoms with van der Waals surface area (Å²) in [5.41, 5.74) is 6.27. The van der Waals surface area contributed by atoms with Crippen molar-refractivity contribution < 1.29 is 14.3 Å². The van der Waals surface area contributed by atoms with Crippen LogP contribution in [0.15, 0.2) is 18.2 Å². The lowest BCUT2D eigenvalue weighted by atomic mass is 9.75. The second-order valence-corrected chi connectivity index (χ2v) is 5.77. The number of fused-ring (bicyclic) bond motifs is 1. The van der Waals surface area contributed by atoms with Crippen LogP contribution in [0.5, 0.6) is 11.5 Å². The smallest absolute Gasteiger partial charge is 0.238 e. The molecule has 0 fully saturated rings. The van der Waals surface area contributed by atoms with Crippen molar-refractivity contribution in [3.05, 3.63) is 23.8 Å².